The molecule has 3 aromatic rings. The van der Waals surface area contributed by atoms with Crippen LogP contribution in [0.3, 0.4) is 0 Å². The monoisotopic (exact) mass is 431 g/mol. The number of nitrogens with one attached hydrogen (secondary N) is 2. The molecule has 0 spiro atoms. The van der Waals surface area contributed by atoms with Crippen molar-refractivity contribution in [2.75, 3.05) is 23.8 Å². The summed E-state index contributed by atoms with van der Waals surface area (Å²) in [5.74, 6) is -0.0352. The quantitative estimate of drug-likeness (QED) is 0.414. The van der Waals surface area contributed by atoms with Crippen molar-refractivity contribution < 1.29 is 14.3 Å². The molecular formula is C26H29N3O3. The van der Waals surface area contributed by atoms with Gasteiger partial charge >= 0.3 is 0 Å². The lowest BCUT2D eigenvalue weighted by Crippen LogP contribution is -2.14. The lowest BCUT2D eigenvalue weighted by molar-refractivity contribution is -0.117. The molecule has 0 unspecified atom stereocenters. The molecule has 0 saturated carbocycles. The molecule has 32 heavy (non-hydrogen) atoms. The SMILES string of the molecule is CCCC(=O)Nc1ccc(-c2ccc(-c3ccc(NC(=O)CCOCC)cc3)cn2)cc1. The molecular weight excluding hydrogens is 402 g/mol. The van der Waals surface area contributed by atoms with E-state index in [1.807, 2.05) is 80.7 Å². The zero-order valence-electron chi connectivity index (χ0n) is 18.6. The van der Waals surface area contributed by atoms with Crippen molar-refractivity contribution in [2.45, 2.75) is 33.1 Å². The van der Waals surface area contributed by atoms with E-state index in [1.165, 1.54) is 0 Å². The van der Waals surface area contributed by atoms with Crippen LogP contribution in [0.1, 0.15) is 33.1 Å². The van der Waals surface area contributed by atoms with Gasteiger partial charge in [0.15, 0.2) is 0 Å². The Morgan fingerprint density at radius 1 is 0.750 bits per heavy atom. The maximum absolute atomic E-state index is 11.9. The fourth-order valence-corrected chi connectivity index (χ4v) is 3.19. The standard InChI is InChI=1S/C26H29N3O3/c1-3-5-25(30)28-23-13-8-20(9-14-23)24-15-10-21(18-27-24)19-6-11-22(12-7-19)29-26(31)16-17-32-4-2/h6-15,18H,3-5,16-17H2,1-2H3,(H,28,30)(H,29,31). The van der Waals surface area contributed by atoms with Crippen LogP contribution in [-0.4, -0.2) is 30.0 Å². The number of carbonyl (C=O) groups is 2. The number of benzene rings is 2. The normalized spacial score (nSPS) is 10.6. The second-order valence-corrected chi connectivity index (χ2v) is 7.38. The predicted octanol–water partition coefficient (Wildman–Crippen LogP) is 5.52. The van der Waals surface area contributed by atoms with Crippen molar-refractivity contribution >= 4 is 23.2 Å². The van der Waals surface area contributed by atoms with Crippen molar-refractivity contribution in [3.8, 4) is 22.4 Å². The highest BCUT2D eigenvalue weighted by Crippen LogP contribution is 2.25. The highest BCUT2D eigenvalue weighted by molar-refractivity contribution is 5.91. The molecule has 1 aromatic heterocycles. The van der Waals surface area contributed by atoms with E-state index in [-0.39, 0.29) is 11.8 Å². The lowest BCUT2D eigenvalue weighted by atomic mass is 10.1. The summed E-state index contributed by atoms with van der Waals surface area (Å²) in [6.45, 7) is 4.92. The molecule has 6 nitrogen and oxygen atoms in total. The number of anilines is 2. The van der Waals surface area contributed by atoms with Crippen LogP contribution < -0.4 is 10.6 Å². The summed E-state index contributed by atoms with van der Waals surface area (Å²) < 4.78 is 5.21. The maximum atomic E-state index is 11.9. The molecule has 0 fully saturated rings. The van der Waals surface area contributed by atoms with Gasteiger partial charge in [-0.25, -0.2) is 0 Å². The zero-order chi connectivity index (χ0) is 22.8. The fourth-order valence-electron chi connectivity index (χ4n) is 3.19. The van der Waals surface area contributed by atoms with Gasteiger partial charge in [-0.05, 0) is 49.2 Å². The van der Waals surface area contributed by atoms with Gasteiger partial charge in [0.2, 0.25) is 11.8 Å². The second-order valence-electron chi connectivity index (χ2n) is 7.38. The largest absolute Gasteiger partial charge is 0.381 e. The number of hydrogen-bond donors (Lipinski definition) is 2. The number of pyridine rings is 1. The summed E-state index contributed by atoms with van der Waals surface area (Å²) in [5.41, 5.74) is 5.39. The Bertz CT molecular complexity index is 1010. The molecule has 0 aliphatic carbocycles. The molecule has 1 heterocycles. The van der Waals surface area contributed by atoms with Crippen LogP contribution in [0.15, 0.2) is 66.9 Å². The molecule has 6 heteroatoms. The number of amides is 2. The molecule has 0 atom stereocenters. The summed E-state index contributed by atoms with van der Waals surface area (Å²) >= 11 is 0. The Morgan fingerprint density at radius 3 is 1.84 bits per heavy atom. The zero-order valence-corrected chi connectivity index (χ0v) is 18.6. The van der Waals surface area contributed by atoms with E-state index in [4.69, 9.17) is 4.74 Å². The highest BCUT2D eigenvalue weighted by atomic mass is 16.5. The summed E-state index contributed by atoms with van der Waals surface area (Å²) in [6, 6.07) is 19.4. The maximum Gasteiger partial charge on any atom is 0.226 e. The molecule has 0 bridgehead atoms. The van der Waals surface area contributed by atoms with Crippen LogP contribution in [0.2, 0.25) is 0 Å². The van der Waals surface area contributed by atoms with E-state index >= 15 is 0 Å². The van der Waals surface area contributed by atoms with E-state index in [0.717, 1.165) is 40.2 Å². The van der Waals surface area contributed by atoms with Crippen LogP contribution in [-0.2, 0) is 14.3 Å². The number of aromatic nitrogens is 1. The molecule has 166 valence electrons. The summed E-state index contributed by atoms with van der Waals surface area (Å²) in [5, 5.41) is 5.76. The van der Waals surface area contributed by atoms with Gasteiger partial charge in [-0.2, -0.15) is 0 Å². The third-order valence-electron chi connectivity index (χ3n) is 4.88. The molecule has 0 aliphatic rings. The van der Waals surface area contributed by atoms with Crippen LogP contribution in [0.4, 0.5) is 11.4 Å². The van der Waals surface area contributed by atoms with Crippen molar-refractivity contribution in [3.05, 3.63) is 66.9 Å². The van der Waals surface area contributed by atoms with Crippen molar-refractivity contribution in [1.29, 1.82) is 0 Å². The first kappa shape index (κ1) is 23.2. The van der Waals surface area contributed by atoms with E-state index in [9.17, 15) is 9.59 Å². The number of ether oxygens (including phenoxy) is 1. The Kier molecular flexibility index (Phi) is 8.52. The molecule has 0 aliphatic heterocycles. The van der Waals surface area contributed by atoms with Gasteiger partial charge in [0.05, 0.1) is 18.7 Å². The first-order valence-corrected chi connectivity index (χ1v) is 10.9. The van der Waals surface area contributed by atoms with Crippen LogP contribution in [0.5, 0.6) is 0 Å². The number of nitrogens with zero attached hydrogens (tertiary/aromatic N) is 1. The van der Waals surface area contributed by atoms with Crippen molar-refractivity contribution in [1.82, 2.24) is 4.98 Å². The Balaban J connectivity index is 1.60. The van der Waals surface area contributed by atoms with Gasteiger partial charge in [-0.3, -0.25) is 14.6 Å². The minimum atomic E-state index is -0.0619. The minimum absolute atomic E-state index is 0.0267. The fraction of sp³-hybridized carbons (Fsp3) is 0.269. The van der Waals surface area contributed by atoms with Crippen LogP contribution in [0.25, 0.3) is 22.4 Å². The van der Waals surface area contributed by atoms with Gasteiger partial charge in [0.1, 0.15) is 0 Å². The Labute approximate surface area is 189 Å². The number of hydrogen-bond acceptors (Lipinski definition) is 4. The second kappa shape index (κ2) is 11.8. The third-order valence-corrected chi connectivity index (χ3v) is 4.88. The summed E-state index contributed by atoms with van der Waals surface area (Å²) in [6.07, 6.45) is 3.52. The molecule has 2 N–H and O–H groups in total. The predicted molar refractivity (Wildman–Crippen MR) is 128 cm³/mol. The third kappa shape index (κ3) is 6.75. The van der Waals surface area contributed by atoms with Gasteiger partial charge in [0, 0.05) is 41.7 Å². The molecule has 0 radical (unpaired) electrons. The van der Waals surface area contributed by atoms with E-state index in [0.29, 0.717) is 26.1 Å². The minimum Gasteiger partial charge on any atom is -0.381 e. The van der Waals surface area contributed by atoms with E-state index in [2.05, 4.69) is 15.6 Å². The van der Waals surface area contributed by atoms with Gasteiger partial charge in [-0.1, -0.05) is 37.3 Å². The highest BCUT2D eigenvalue weighted by Gasteiger charge is 2.06. The molecule has 2 amide bonds. The smallest absolute Gasteiger partial charge is 0.226 e. The first-order chi connectivity index (χ1) is 15.6. The average Bonchev–Trinajstić information content (AvgIpc) is 2.81. The average molecular weight is 432 g/mol. The van der Waals surface area contributed by atoms with Crippen LogP contribution >= 0.6 is 0 Å². The van der Waals surface area contributed by atoms with E-state index < -0.39 is 0 Å². The number of rotatable bonds is 10. The Hall–Kier alpha value is -3.51. The lowest BCUT2D eigenvalue weighted by Gasteiger charge is -2.08. The molecule has 0 saturated heterocycles. The summed E-state index contributed by atoms with van der Waals surface area (Å²) in [7, 11) is 0. The Morgan fingerprint density at radius 2 is 1.31 bits per heavy atom. The molecule has 3 rings (SSSR count). The van der Waals surface area contributed by atoms with Crippen molar-refractivity contribution in [3.63, 3.8) is 0 Å². The van der Waals surface area contributed by atoms with E-state index in [1.54, 1.807) is 0 Å². The van der Waals surface area contributed by atoms with Crippen molar-refractivity contribution in [2.24, 2.45) is 0 Å². The number of carbonyl (C=O) groups excluding carboxylic acids is 2. The first-order valence-electron chi connectivity index (χ1n) is 10.9. The van der Waals surface area contributed by atoms with Gasteiger partial charge < -0.3 is 15.4 Å². The van der Waals surface area contributed by atoms with Gasteiger partial charge in [0.25, 0.3) is 0 Å². The van der Waals surface area contributed by atoms with Gasteiger partial charge in [-0.15, -0.1) is 0 Å². The topological polar surface area (TPSA) is 80.3 Å². The van der Waals surface area contributed by atoms with Crippen LogP contribution in [0, 0.1) is 0 Å². The summed E-state index contributed by atoms with van der Waals surface area (Å²) in [4.78, 5) is 28.2. The molecule has 2 aromatic carbocycles.